The van der Waals surface area contributed by atoms with E-state index in [9.17, 15) is 4.79 Å². The Labute approximate surface area is 124 Å². The van der Waals surface area contributed by atoms with Crippen LogP contribution in [0.2, 0.25) is 0 Å². The first-order valence-corrected chi connectivity index (χ1v) is 7.28. The number of hydrogen-bond donors (Lipinski definition) is 3. The van der Waals surface area contributed by atoms with Crippen LogP contribution in [-0.4, -0.2) is 43.6 Å². The van der Waals surface area contributed by atoms with E-state index in [4.69, 9.17) is 14.6 Å². The van der Waals surface area contributed by atoms with Crippen molar-refractivity contribution in [3.8, 4) is 5.75 Å². The lowest BCUT2D eigenvalue weighted by molar-refractivity contribution is 0.0680. The quantitative estimate of drug-likeness (QED) is 0.669. The monoisotopic (exact) mass is 294 g/mol. The number of carbonyl (C=O) groups excluding carboxylic acids is 1. The number of hydrogen-bond acceptors (Lipinski definition) is 4. The van der Waals surface area contributed by atoms with Crippen molar-refractivity contribution in [1.82, 2.24) is 5.32 Å². The van der Waals surface area contributed by atoms with Crippen LogP contribution in [0.15, 0.2) is 24.3 Å². The zero-order valence-corrected chi connectivity index (χ0v) is 12.0. The summed E-state index contributed by atoms with van der Waals surface area (Å²) in [7, 11) is 0. The summed E-state index contributed by atoms with van der Waals surface area (Å²) in [5.41, 5.74) is 0.668. The summed E-state index contributed by atoms with van der Waals surface area (Å²) in [4.78, 5) is 11.6. The molecular formula is C15H22N2O4. The first-order chi connectivity index (χ1) is 10.3. The van der Waals surface area contributed by atoms with Gasteiger partial charge in [-0.15, -0.1) is 0 Å². The highest BCUT2D eigenvalue weighted by molar-refractivity contribution is 5.89. The summed E-state index contributed by atoms with van der Waals surface area (Å²) < 4.78 is 11.2. The standard InChI is InChI=1S/C15H22N2O4/c18-8-3-7-16-15(19)17-12-4-1-5-13(10-12)21-11-14-6-2-9-20-14/h1,4-5,10,14,18H,2-3,6-9,11H2,(H2,16,17,19). The van der Waals surface area contributed by atoms with Gasteiger partial charge in [0.25, 0.3) is 0 Å². The number of carbonyl (C=O) groups is 1. The Hall–Kier alpha value is -1.79. The predicted molar refractivity (Wildman–Crippen MR) is 79.6 cm³/mol. The average molecular weight is 294 g/mol. The van der Waals surface area contributed by atoms with Gasteiger partial charge in [-0.05, 0) is 31.4 Å². The van der Waals surface area contributed by atoms with E-state index >= 15 is 0 Å². The van der Waals surface area contributed by atoms with E-state index in [1.165, 1.54) is 0 Å². The molecule has 6 heteroatoms. The highest BCUT2D eigenvalue weighted by Gasteiger charge is 2.16. The smallest absolute Gasteiger partial charge is 0.319 e. The van der Waals surface area contributed by atoms with Crippen molar-refractivity contribution in [2.75, 3.05) is 31.7 Å². The third kappa shape index (κ3) is 5.61. The van der Waals surface area contributed by atoms with E-state index < -0.39 is 0 Å². The minimum absolute atomic E-state index is 0.0623. The molecule has 0 spiro atoms. The van der Waals surface area contributed by atoms with Crippen molar-refractivity contribution in [2.45, 2.75) is 25.4 Å². The molecule has 2 rings (SSSR count). The molecule has 3 N–H and O–H groups in total. The lowest BCUT2D eigenvalue weighted by atomic mass is 10.2. The maximum atomic E-state index is 11.6. The van der Waals surface area contributed by atoms with Crippen LogP contribution in [0.1, 0.15) is 19.3 Å². The molecule has 6 nitrogen and oxygen atoms in total. The molecule has 1 aromatic rings. The molecule has 1 heterocycles. The maximum absolute atomic E-state index is 11.6. The predicted octanol–water partition coefficient (Wildman–Crippen LogP) is 1.75. The maximum Gasteiger partial charge on any atom is 0.319 e. The van der Waals surface area contributed by atoms with Crippen molar-refractivity contribution in [1.29, 1.82) is 0 Å². The Morgan fingerprint density at radius 3 is 3.14 bits per heavy atom. The molecular weight excluding hydrogens is 272 g/mol. The molecule has 0 bridgehead atoms. The van der Waals surface area contributed by atoms with E-state index in [0.717, 1.165) is 19.4 Å². The first kappa shape index (κ1) is 15.6. The molecule has 0 radical (unpaired) electrons. The summed E-state index contributed by atoms with van der Waals surface area (Å²) in [5, 5.41) is 14.0. The number of rotatable bonds is 7. The molecule has 1 fully saturated rings. The lowest BCUT2D eigenvalue weighted by Crippen LogP contribution is -2.29. The Morgan fingerprint density at radius 2 is 2.38 bits per heavy atom. The van der Waals surface area contributed by atoms with Crippen molar-refractivity contribution in [3.05, 3.63) is 24.3 Å². The topological polar surface area (TPSA) is 79.8 Å². The lowest BCUT2D eigenvalue weighted by Gasteiger charge is -2.12. The highest BCUT2D eigenvalue weighted by Crippen LogP contribution is 2.19. The Balaban J connectivity index is 1.78. The number of benzene rings is 1. The van der Waals surface area contributed by atoms with Crippen LogP contribution in [0.5, 0.6) is 5.75 Å². The van der Waals surface area contributed by atoms with Crippen molar-refractivity contribution >= 4 is 11.7 Å². The molecule has 21 heavy (non-hydrogen) atoms. The summed E-state index contributed by atoms with van der Waals surface area (Å²) in [6.07, 6.45) is 2.83. The summed E-state index contributed by atoms with van der Waals surface area (Å²) >= 11 is 0. The van der Waals surface area contributed by atoms with Crippen LogP contribution >= 0.6 is 0 Å². The summed E-state index contributed by atoms with van der Waals surface area (Å²) in [5.74, 6) is 0.707. The molecule has 0 saturated carbocycles. The second kappa shape index (κ2) is 8.49. The van der Waals surface area contributed by atoms with Gasteiger partial charge in [0.05, 0.1) is 6.10 Å². The third-order valence-corrected chi connectivity index (χ3v) is 3.17. The van der Waals surface area contributed by atoms with Gasteiger partial charge in [-0.2, -0.15) is 0 Å². The molecule has 1 aliphatic heterocycles. The van der Waals surface area contributed by atoms with Crippen LogP contribution < -0.4 is 15.4 Å². The summed E-state index contributed by atoms with van der Waals surface area (Å²) in [6.45, 7) is 1.85. The number of amides is 2. The van der Waals surface area contributed by atoms with Gasteiger partial charge in [0.1, 0.15) is 12.4 Å². The van der Waals surface area contributed by atoms with Crippen LogP contribution in [0.3, 0.4) is 0 Å². The highest BCUT2D eigenvalue weighted by atomic mass is 16.5. The van der Waals surface area contributed by atoms with E-state index in [0.29, 0.717) is 31.0 Å². The molecule has 2 amide bonds. The molecule has 1 atom stereocenters. The molecule has 1 aromatic carbocycles. The van der Waals surface area contributed by atoms with E-state index in [1.54, 1.807) is 12.1 Å². The number of aliphatic hydroxyl groups is 1. The number of aliphatic hydroxyl groups excluding tert-OH is 1. The van der Waals surface area contributed by atoms with Crippen molar-refractivity contribution in [2.24, 2.45) is 0 Å². The van der Waals surface area contributed by atoms with Gasteiger partial charge < -0.3 is 25.2 Å². The fourth-order valence-corrected chi connectivity index (χ4v) is 2.08. The minimum atomic E-state index is -0.292. The third-order valence-electron chi connectivity index (χ3n) is 3.17. The molecule has 1 unspecified atom stereocenters. The first-order valence-electron chi connectivity index (χ1n) is 7.28. The summed E-state index contributed by atoms with van der Waals surface area (Å²) in [6, 6.07) is 6.96. The van der Waals surface area contributed by atoms with E-state index in [1.807, 2.05) is 12.1 Å². The normalized spacial score (nSPS) is 17.5. The molecule has 1 aliphatic rings. The Bertz CT molecular complexity index is 447. The zero-order valence-electron chi connectivity index (χ0n) is 12.0. The SMILES string of the molecule is O=C(NCCCO)Nc1cccc(OCC2CCCO2)c1. The molecule has 1 saturated heterocycles. The van der Waals surface area contributed by atoms with E-state index in [-0.39, 0.29) is 18.7 Å². The van der Waals surface area contributed by atoms with Gasteiger partial charge in [-0.1, -0.05) is 6.07 Å². The van der Waals surface area contributed by atoms with Crippen molar-refractivity contribution in [3.63, 3.8) is 0 Å². The van der Waals surface area contributed by atoms with E-state index in [2.05, 4.69) is 10.6 Å². The number of anilines is 1. The van der Waals surface area contributed by atoms with Gasteiger partial charge in [-0.25, -0.2) is 4.79 Å². The van der Waals surface area contributed by atoms with Gasteiger partial charge >= 0.3 is 6.03 Å². The number of ether oxygens (including phenoxy) is 2. The number of urea groups is 1. The van der Waals surface area contributed by atoms with Gasteiger partial charge in [0.15, 0.2) is 0 Å². The molecule has 0 aromatic heterocycles. The zero-order chi connectivity index (χ0) is 14.9. The molecule has 0 aliphatic carbocycles. The van der Waals surface area contributed by atoms with Gasteiger partial charge in [0.2, 0.25) is 0 Å². The second-order valence-corrected chi connectivity index (χ2v) is 4.93. The van der Waals surface area contributed by atoms with Crippen LogP contribution in [0.25, 0.3) is 0 Å². The fourth-order valence-electron chi connectivity index (χ4n) is 2.08. The fraction of sp³-hybridized carbons (Fsp3) is 0.533. The van der Waals surface area contributed by atoms with Crippen LogP contribution in [-0.2, 0) is 4.74 Å². The Kier molecular flexibility index (Phi) is 6.30. The largest absolute Gasteiger partial charge is 0.491 e. The van der Waals surface area contributed by atoms with Crippen LogP contribution in [0.4, 0.5) is 10.5 Å². The second-order valence-electron chi connectivity index (χ2n) is 4.93. The molecule has 116 valence electrons. The van der Waals surface area contributed by atoms with Crippen molar-refractivity contribution < 1.29 is 19.4 Å². The number of nitrogens with one attached hydrogen (secondary N) is 2. The van der Waals surface area contributed by atoms with Gasteiger partial charge in [-0.3, -0.25) is 0 Å². The Morgan fingerprint density at radius 1 is 1.48 bits per heavy atom. The van der Waals surface area contributed by atoms with Gasteiger partial charge in [0, 0.05) is 31.5 Å². The minimum Gasteiger partial charge on any atom is -0.491 e. The average Bonchev–Trinajstić information content (AvgIpc) is 2.99. The van der Waals surface area contributed by atoms with Crippen LogP contribution in [0, 0.1) is 0 Å².